The van der Waals surface area contributed by atoms with Crippen molar-refractivity contribution in [1.82, 2.24) is 0 Å². The summed E-state index contributed by atoms with van der Waals surface area (Å²) in [6.45, 7) is 7.75. The van der Waals surface area contributed by atoms with Crippen molar-refractivity contribution in [2.75, 3.05) is 0 Å². The van der Waals surface area contributed by atoms with E-state index in [4.69, 9.17) is 0 Å². The molecule has 0 radical (unpaired) electrons. The van der Waals surface area contributed by atoms with Gasteiger partial charge in [-0.05, 0) is 0 Å². The van der Waals surface area contributed by atoms with Gasteiger partial charge in [0.15, 0.2) is 0 Å². The molecule has 0 saturated heterocycles. The monoisotopic (exact) mass is 425 g/mol. The van der Waals surface area contributed by atoms with Crippen LogP contribution in [-0.4, -0.2) is 0 Å². The van der Waals surface area contributed by atoms with E-state index in [0.717, 1.165) is 0 Å². The summed E-state index contributed by atoms with van der Waals surface area (Å²) in [4.78, 5) is 0. The van der Waals surface area contributed by atoms with Crippen LogP contribution < -0.4 is 0 Å². The van der Waals surface area contributed by atoms with Gasteiger partial charge in [-0.1, -0.05) is 13.8 Å². The molecule has 0 unspecified atom stereocenters. The summed E-state index contributed by atoms with van der Waals surface area (Å²) in [5, 5.41) is 0. The SMILES string of the molecule is [CH2-]C(C)C.[W].[W]. The van der Waals surface area contributed by atoms with Gasteiger partial charge in [0.2, 0.25) is 0 Å². The summed E-state index contributed by atoms with van der Waals surface area (Å²) >= 11 is 0. The van der Waals surface area contributed by atoms with E-state index in [9.17, 15) is 0 Å². The third kappa shape index (κ3) is 54.3. The molecule has 2 heteroatoms. The van der Waals surface area contributed by atoms with Crippen LogP contribution in [0.5, 0.6) is 0 Å². The van der Waals surface area contributed by atoms with Crippen molar-refractivity contribution in [1.29, 1.82) is 0 Å². The number of rotatable bonds is 0. The minimum absolute atomic E-state index is 0. The maximum Gasteiger partial charge on any atom is 0 e. The average Bonchev–Trinajstić information content (AvgIpc) is 0.811. The first-order chi connectivity index (χ1) is 1.73. The van der Waals surface area contributed by atoms with Crippen LogP contribution in [0.3, 0.4) is 0 Å². The Morgan fingerprint density at radius 3 is 1.17 bits per heavy atom. The minimum atomic E-state index is 0. The summed E-state index contributed by atoms with van der Waals surface area (Å²) in [7, 11) is 0. The van der Waals surface area contributed by atoms with Crippen LogP contribution in [0.4, 0.5) is 0 Å². The first kappa shape index (κ1) is 15.7. The molecule has 0 heterocycles. The molecule has 0 atom stereocenters. The number of hydrogen-bond donors (Lipinski definition) is 0. The van der Waals surface area contributed by atoms with E-state index in [0.29, 0.717) is 5.92 Å². The summed E-state index contributed by atoms with van der Waals surface area (Å²) in [6.07, 6.45) is 0. The molecule has 0 aliphatic carbocycles. The summed E-state index contributed by atoms with van der Waals surface area (Å²) in [6, 6.07) is 0. The van der Waals surface area contributed by atoms with Crippen LogP contribution in [0.25, 0.3) is 0 Å². The molecule has 0 aromatic rings. The van der Waals surface area contributed by atoms with E-state index < -0.39 is 0 Å². The molecule has 0 amide bonds. The molecule has 0 saturated carbocycles. The molecular weight excluding hydrogens is 416 g/mol. The van der Waals surface area contributed by atoms with Crippen molar-refractivity contribution < 1.29 is 42.1 Å². The Morgan fingerprint density at radius 2 is 1.17 bits per heavy atom. The Labute approximate surface area is 68.6 Å². The smallest absolute Gasteiger partial charge is 0 e. The third-order valence-electron chi connectivity index (χ3n) is 0. The van der Waals surface area contributed by atoms with E-state index in [2.05, 4.69) is 20.8 Å². The van der Waals surface area contributed by atoms with Gasteiger partial charge in [0.25, 0.3) is 0 Å². The molecule has 0 aromatic heterocycles. The molecule has 0 bridgehead atoms. The van der Waals surface area contributed by atoms with Crippen molar-refractivity contribution in [3.63, 3.8) is 0 Å². The normalized spacial score (nSPS) is 6.00. The van der Waals surface area contributed by atoms with Crippen molar-refractivity contribution in [2.24, 2.45) is 5.92 Å². The Kier molecular flexibility index (Phi) is 25.1. The second-order valence-corrected chi connectivity index (χ2v) is 1.39. The fraction of sp³-hybridized carbons (Fsp3) is 0.750. The van der Waals surface area contributed by atoms with Gasteiger partial charge in [-0.25, -0.2) is 0 Å². The van der Waals surface area contributed by atoms with Gasteiger partial charge in [-0.2, -0.15) is 5.92 Å². The van der Waals surface area contributed by atoms with Gasteiger partial charge in [-0.3, -0.25) is 0 Å². The molecule has 0 aromatic carbocycles. The molecule has 0 nitrogen and oxygen atoms in total. The largest absolute Gasteiger partial charge is 0.341 e. The summed E-state index contributed by atoms with van der Waals surface area (Å²) < 4.78 is 0. The van der Waals surface area contributed by atoms with Crippen LogP contribution in [0, 0.1) is 12.8 Å². The van der Waals surface area contributed by atoms with Crippen molar-refractivity contribution in [3.8, 4) is 0 Å². The second-order valence-electron chi connectivity index (χ2n) is 1.39. The Hall–Kier alpha value is 1.38. The molecule has 0 spiro atoms. The fourth-order valence-electron chi connectivity index (χ4n) is 0. The Balaban J connectivity index is -0.0000000450. The molecular formula is C4H9W2-. The average molecular weight is 425 g/mol. The molecule has 6 heavy (non-hydrogen) atoms. The van der Waals surface area contributed by atoms with E-state index in [-0.39, 0.29) is 42.1 Å². The van der Waals surface area contributed by atoms with Crippen LogP contribution in [0.2, 0.25) is 0 Å². The zero-order valence-electron chi connectivity index (χ0n) is 4.10. The molecule has 0 fully saturated rings. The maximum absolute atomic E-state index is 3.64. The molecule has 0 aliphatic rings. The molecule has 38 valence electrons. The molecule has 0 rings (SSSR count). The predicted molar refractivity (Wildman–Crippen MR) is 20.2 cm³/mol. The first-order valence-corrected chi connectivity index (χ1v) is 1.56. The van der Waals surface area contributed by atoms with Gasteiger partial charge in [0.1, 0.15) is 0 Å². The van der Waals surface area contributed by atoms with Crippen LogP contribution in [0.1, 0.15) is 13.8 Å². The maximum atomic E-state index is 3.64. The standard InChI is InChI=1S/C4H9.2W/c1-4(2)3;;/h4H,1H2,2-3H3;;/q-1;;. The second kappa shape index (κ2) is 9.62. The summed E-state index contributed by atoms with van der Waals surface area (Å²) in [5.41, 5.74) is 0. The zero-order valence-corrected chi connectivity index (χ0v) is 9.97. The molecule has 0 N–H and O–H groups in total. The fourth-order valence-corrected chi connectivity index (χ4v) is 0. The zero-order chi connectivity index (χ0) is 3.58. The Bertz CT molecular complexity index is 10.3. The van der Waals surface area contributed by atoms with Gasteiger partial charge in [0.05, 0.1) is 0 Å². The summed E-state index contributed by atoms with van der Waals surface area (Å²) in [5.74, 6) is 0.583. The minimum Gasteiger partial charge on any atom is -0.341 e. The van der Waals surface area contributed by atoms with E-state index in [1.54, 1.807) is 0 Å². The van der Waals surface area contributed by atoms with E-state index in [1.165, 1.54) is 0 Å². The van der Waals surface area contributed by atoms with Crippen LogP contribution in [-0.2, 0) is 42.1 Å². The van der Waals surface area contributed by atoms with Gasteiger partial charge < -0.3 is 6.92 Å². The number of hydrogen-bond acceptors (Lipinski definition) is 0. The van der Waals surface area contributed by atoms with Crippen molar-refractivity contribution >= 4 is 0 Å². The van der Waals surface area contributed by atoms with Gasteiger partial charge in [0, 0.05) is 42.1 Å². The van der Waals surface area contributed by atoms with Crippen LogP contribution in [0.15, 0.2) is 0 Å². The van der Waals surface area contributed by atoms with Crippen LogP contribution >= 0.6 is 0 Å². The van der Waals surface area contributed by atoms with Crippen molar-refractivity contribution in [2.45, 2.75) is 13.8 Å². The topological polar surface area (TPSA) is 0 Å². The molecule has 0 aliphatic heterocycles. The van der Waals surface area contributed by atoms with Gasteiger partial charge >= 0.3 is 0 Å². The van der Waals surface area contributed by atoms with E-state index in [1.807, 2.05) is 0 Å². The van der Waals surface area contributed by atoms with E-state index >= 15 is 0 Å². The van der Waals surface area contributed by atoms with Gasteiger partial charge in [-0.15, -0.1) is 0 Å². The quantitative estimate of drug-likeness (QED) is 0.517. The first-order valence-electron chi connectivity index (χ1n) is 1.56. The van der Waals surface area contributed by atoms with Crippen molar-refractivity contribution in [3.05, 3.63) is 6.92 Å². The Morgan fingerprint density at radius 1 is 1.17 bits per heavy atom. The predicted octanol–water partition coefficient (Wildman–Crippen LogP) is 1.47. The third-order valence-corrected chi connectivity index (χ3v) is 0.